The summed E-state index contributed by atoms with van der Waals surface area (Å²) in [7, 11) is 0. The van der Waals surface area contributed by atoms with Crippen molar-refractivity contribution in [3.63, 3.8) is 0 Å². The average molecular weight is 340 g/mol. The van der Waals surface area contributed by atoms with Crippen molar-refractivity contribution in [3.05, 3.63) is 34.0 Å². The molecule has 0 spiro atoms. The van der Waals surface area contributed by atoms with Gasteiger partial charge in [-0.15, -0.1) is 0 Å². The Morgan fingerprint density at radius 2 is 2.00 bits per heavy atom. The third kappa shape index (κ3) is 3.62. The molecule has 0 saturated heterocycles. The van der Waals surface area contributed by atoms with Crippen molar-refractivity contribution in [1.29, 1.82) is 0 Å². The molecule has 0 amide bonds. The minimum Gasteiger partial charge on any atom is -0.458 e. The summed E-state index contributed by atoms with van der Waals surface area (Å²) in [4.78, 5) is 0. The highest BCUT2D eigenvalue weighted by atomic mass is 79.9. The number of aliphatic hydroxyl groups excluding tert-OH is 1. The fraction of sp³-hybridized carbons (Fsp3) is 0.500. The topological polar surface area (TPSA) is 45.4 Å². The maximum absolute atomic E-state index is 10.2. The molecule has 2 rings (SSSR count). The second-order valence-corrected chi connectivity index (χ2v) is 7.05. The molecule has 0 saturated carbocycles. The Morgan fingerprint density at radius 1 is 1.30 bits per heavy atom. The van der Waals surface area contributed by atoms with Crippen LogP contribution in [0.15, 0.2) is 27.1 Å². The predicted octanol–water partition coefficient (Wildman–Crippen LogP) is 4.18. The molecule has 0 radical (unpaired) electrons. The standard InChI is InChI=1S/C16H22BrNO2/c1-5-10-6-12(17)7-11-8-14(20-15(10)11)13(19)9-18-16(2,3)4/h6-8,13,18-19H,5,9H2,1-4H3/t13-/m1/s1. The van der Waals surface area contributed by atoms with E-state index >= 15 is 0 Å². The molecule has 1 aromatic heterocycles. The summed E-state index contributed by atoms with van der Waals surface area (Å²) in [6.07, 6.45) is 0.268. The van der Waals surface area contributed by atoms with Crippen LogP contribution in [0.25, 0.3) is 11.0 Å². The zero-order valence-electron chi connectivity index (χ0n) is 12.5. The van der Waals surface area contributed by atoms with Crippen molar-refractivity contribution in [2.24, 2.45) is 0 Å². The Balaban J connectivity index is 2.27. The molecule has 2 N–H and O–H groups in total. The monoisotopic (exact) mass is 339 g/mol. The summed E-state index contributed by atoms with van der Waals surface area (Å²) in [6, 6.07) is 6.01. The molecule has 20 heavy (non-hydrogen) atoms. The van der Waals surface area contributed by atoms with E-state index in [0.717, 1.165) is 27.4 Å². The molecule has 2 aromatic rings. The Bertz CT molecular complexity index is 598. The van der Waals surface area contributed by atoms with E-state index in [1.54, 1.807) is 0 Å². The molecule has 4 heteroatoms. The number of halogens is 1. The second kappa shape index (κ2) is 5.88. The van der Waals surface area contributed by atoms with Gasteiger partial charge in [-0.05, 0) is 51.0 Å². The zero-order valence-corrected chi connectivity index (χ0v) is 14.0. The Labute approximate surface area is 128 Å². The number of benzene rings is 1. The van der Waals surface area contributed by atoms with Gasteiger partial charge in [0.15, 0.2) is 0 Å². The van der Waals surface area contributed by atoms with Gasteiger partial charge >= 0.3 is 0 Å². The number of aryl methyl sites for hydroxylation is 1. The van der Waals surface area contributed by atoms with Gasteiger partial charge in [0.2, 0.25) is 0 Å². The lowest BCUT2D eigenvalue weighted by atomic mass is 10.1. The molecule has 3 nitrogen and oxygen atoms in total. The molecular formula is C16H22BrNO2. The number of aliphatic hydroxyl groups is 1. The van der Waals surface area contributed by atoms with Crippen molar-refractivity contribution in [2.45, 2.75) is 45.8 Å². The first kappa shape index (κ1) is 15.5. The van der Waals surface area contributed by atoms with Crippen LogP contribution >= 0.6 is 15.9 Å². The molecular weight excluding hydrogens is 318 g/mol. The van der Waals surface area contributed by atoms with E-state index in [-0.39, 0.29) is 5.54 Å². The quantitative estimate of drug-likeness (QED) is 0.878. The highest BCUT2D eigenvalue weighted by Crippen LogP contribution is 2.30. The summed E-state index contributed by atoms with van der Waals surface area (Å²) in [5, 5.41) is 14.6. The normalized spacial score (nSPS) is 13.9. The van der Waals surface area contributed by atoms with Crippen LogP contribution in [0.2, 0.25) is 0 Å². The largest absolute Gasteiger partial charge is 0.458 e. The molecule has 1 atom stereocenters. The summed E-state index contributed by atoms with van der Waals surface area (Å²) in [5.41, 5.74) is 2.00. The predicted molar refractivity (Wildman–Crippen MR) is 86.0 cm³/mol. The lowest BCUT2D eigenvalue weighted by molar-refractivity contribution is 0.140. The molecule has 110 valence electrons. The third-order valence-corrected chi connectivity index (χ3v) is 3.67. The number of hydrogen-bond donors (Lipinski definition) is 2. The summed E-state index contributed by atoms with van der Waals surface area (Å²) in [5.74, 6) is 0.615. The second-order valence-electron chi connectivity index (χ2n) is 6.13. The highest BCUT2D eigenvalue weighted by molar-refractivity contribution is 9.10. The Kier molecular flexibility index (Phi) is 4.57. The maximum atomic E-state index is 10.2. The molecule has 1 aromatic carbocycles. The first-order chi connectivity index (χ1) is 9.30. The summed E-state index contributed by atoms with van der Waals surface area (Å²) in [6.45, 7) is 8.80. The molecule has 0 fully saturated rings. The fourth-order valence-corrected chi connectivity index (χ4v) is 2.66. The van der Waals surface area contributed by atoms with E-state index in [4.69, 9.17) is 4.42 Å². The molecule has 0 unspecified atom stereocenters. The van der Waals surface area contributed by atoms with Gasteiger partial charge in [-0.1, -0.05) is 22.9 Å². The molecule has 0 aliphatic heterocycles. The lowest BCUT2D eigenvalue weighted by Gasteiger charge is -2.22. The van der Waals surface area contributed by atoms with Crippen molar-refractivity contribution in [3.8, 4) is 0 Å². The number of rotatable bonds is 4. The highest BCUT2D eigenvalue weighted by Gasteiger charge is 2.18. The van der Waals surface area contributed by atoms with Gasteiger partial charge in [0.05, 0.1) is 0 Å². The molecule has 0 aliphatic carbocycles. The summed E-state index contributed by atoms with van der Waals surface area (Å²) >= 11 is 3.51. The van der Waals surface area contributed by atoms with E-state index in [0.29, 0.717) is 12.3 Å². The third-order valence-electron chi connectivity index (χ3n) is 3.21. The average Bonchev–Trinajstić information content (AvgIpc) is 2.77. The number of nitrogens with one attached hydrogen (secondary N) is 1. The molecule has 0 bridgehead atoms. The van der Waals surface area contributed by atoms with E-state index in [9.17, 15) is 5.11 Å². The molecule has 1 heterocycles. The van der Waals surface area contributed by atoms with E-state index in [2.05, 4.69) is 55.0 Å². The van der Waals surface area contributed by atoms with Crippen LogP contribution in [-0.2, 0) is 6.42 Å². The van der Waals surface area contributed by atoms with Gasteiger partial charge in [0.25, 0.3) is 0 Å². The van der Waals surface area contributed by atoms with Crippen LogP contribution in [0.5, 0.6) is 0 Å². The van der Waals surface area contributed by atoms with Crippen LogP contribution in [0.4, 0.5) is 0 Å². The van der Waals surface area contributed by atoms with Gasteiger partial charge in [0.1, 0.15) is 17.4 Å². The van der Waals surface area contributed by atoms with Gasteiger partial charge in [-0.2, -0.15) is 0 Å². The van der Waals surface area contributed by atoms with Crippen LogP contribution in [0, 0.1) is 0 Å². The van der Waals surface area contributed by atoms with Crippen LogP contribution in [-0.4, -0.2) is 17.2 Å². The zero-order chi connectivity index (χ0) is 14.9. The fourth-order valence-electron chi connectivity index (χ4n) is 2.14. The first-order valence-electron chi connectivity index (χ1n) is 6.95. The summed E-state index contributed by atoms with van der Waals surface area (Å²) < 4.78 is 6.90. The van der Waals surface area contributed by atoms with Crippen molar-refractivity contribution in [1.82, 2.24) is 5.32 Å². The number of fused-ring (bicyclic) bond motifs is 1. The Morgan fingerprint density at radius 3 is 2.60 bits per heavy atom. The van der Waals surface area contributed by atoms with E-state index in [1.807, 2.05) is 12.1 Å². The minimum atomic E-state index is -0.634. The number of hydrogen-bond acceptors (Lipinski definition) is 3. The molecule has 0 aliphatic rings. The van der Waals surface area contributed by atoms with Gasteiger partial charge < -0.3 is 14.8 Å². The first-order valence-corrected chi connectivity index (χ1v) is 7.74. The Hall–Kier alpha value is -0.840. The minimum absolute atomic E-state index is 0.0232. The maximum Gasteiger partial charge on any atom is 0.137 e. The van der Waals surface area contributed by atoms with Gasteiger partial charge in [-0.3, -0.25) is 0 Å². The van der Waals surface area contributed by atoms with Crippen molar-refractivity contribution in [2.75, 3.05) is 6.54 Å². The van der Waals surface area contributed by atoms with Crippen molar-refractivity contribution >= 4 is 26.9 Å². The van der Waals surface area contributed by atoms with Gasteiger partial charge in [0, 0.05) is 21.9 Å². The smallest absolute Gasteiger partial charge is 0.137 e. The van der Waals surface area contributed by atoms with E-state index in [1.165, 1.54) is 0 Å². The number of furan rings is 1. The van der Waals surface area contributed by atoms with Crippen LogP contribution < -0.4 is 5.32 Å². The van der Waals surface area contributed by atoms with E-state index < -0.39 is 6.10 Å². The van der Waals surface area contributed by atoms with Crippen LogP contribution in [0.1, 0.15) is 45.1 Å². The van der Waals surface area contributed by atoms with Gasteiger partial charge in [-0.25, -0.2) is 0 Å². The van der Waals surface area contributed by atoms with Crippen molar-refractivity contribution < 1.29 is 9.52 Å². The number of β-amino-alcohol motifs (C(OH)–C–C–N with tert-alkyl or cyclic N) is 1. The van der Waals surface area contributed by atoms with Crippen LogP contribution in [0.3, 0.4) is 0 Å². The lowest BCUT2D eigenvalue weighted by Crippen LogP contribution is -2.38. The SMILES string of the molecule is CCc1cc(Br)cc2cc([C@H](O)CNC(C)(C)C)oc12.